The molecule has 0 bridgehead atoms. The van der Waals surface area contributed by atoms with Crippen LogP contribution in [0.2, 0.25) is 0 Å². The van der Waals surface area contributed by atoms with Crippen molar-refractivity contribution in [3.63, 3.8) is 0 Å². The molecule has 0 aliphatic carbocycles. The van der Waals surface area contributed by atoms with Crippen LogP contribution in [0.3, 0.4) is 0 Å². The monoisotopic (exact) mass is 240 g/mol. The molecule has 0 aliphatic heterocycles. The Kier molecular flexibility index (Phi) is 8.29. The van der Waals surface area contributed by atoms with Gasteiger partial charge < -0.3 is 4.74 Å². The zero-order valence-electron chi connectivity index (χ0n) is 9.89. The van der Waals surface area contributed by atoms with Gasteiger partial charge >= 0.3 is 7.82 Å². The molecule has 0 N–H and O–H groups in total. The second kappa shape index (κ2) is 8.25. The SMILES string of the molecule is CCCOC(C)OP(=O)(OCC)OCC. The molecule has 0 saturated heterocycles. The molecule has 0 aromatic carbocycles. The molecule has 0 heterocycles. The summed E-state index contributed by atoms with van der Waals surface area (Å²) in [6, 6.07) is 0. The molecule has 0 aromatic rings. The van der Waals surface area contributed by atoms with Crippen LogP contribution in [-0.4, -0.2) is 26.1 Å². The highest BCUT2D eigenvalue weighted by Gasteiger charge is 2.28. The van der Waals surface area contributed by atoms with E-state index in [2.05, 4.69) is 0 Å². The maximum absolute atomic E-state index is 11.8. The van der Waals surface area contributed by atoms with Gasteiger partial charge in [-0.3, -0.25) is 13.6 Å². The van der Waals surface area contributed by atoms with Gasteiger partial charge in [-0.05, 0) is 27.2 Å². The smallest absolute Gasteiger partial charge is 0.352 e. The van der Waals surface area contributed by atoms with Crippen molar-refractivity contribution < 1.29 is 22.9 Å². The molecule has 1 atom stereocenters. The van der Waals surface area contributed by atoms with Crippen LogP contribution in [0.25, 0.3) is 0 Å². The Morgan fingerprint density at radius 2 is 1.67 bits per heavy atom. The van der Waals surface area contributed by atoms with Crippen molar-refractivity contribution in [2.75, 3.05) is 19.8 Å². The average Bonchev–Trinajstić information content (AvgIpc) is 2.15. The lowest BCUT2D eigenvalue weighted by Crippen LogP contribution is -2.14. The van der Waals surface area contributed by atoms with E-state index in [1.807, 2.05) is 6.92 Å². The molecule has 0 saturated carbocycles. The lowest BCUT2D eigenvalue weighted by Gasteiger charge is -2.20. The van der Waals surface area contributed by atoms with Gasteiger partial charge in [-0.1, -0.05) is 6.92 Å². The highest BCUT2D eigenvalue weighted by Crippen LogP contribution is 2.50. The minimum Gasteiger partial charge on any atom is -0.352 e. The molecule has 1 unspecified atom stereocenters. The Morgan fingerprint density at radius 3 is 2.07 bits per heavy atom. The van der Waals surface area contributed by atoms with Crippen molar-refractivity contribution in [3.05, 3.63) is 0 Å². The third-order valence-electron chi connectivity index (χ3n) is 1.41. The summed E-state index contributed by atoms with van der Waals surface area (Å²) < 4.78 is 32.1. The predicted octanol–water partition coefficient (Wildman–Crippen LogP) is 2.96. The minimum absolute atomic E-state index is 0.276. The number of ether oxygens (including phenoxy) is 1. The van der Waals surface area contributed by atoms with E-state index in [9.17, 15) is 4.57 Å². The van der Waals surface area contributed by atoms with Crippen molar-refractivity contribution in [2.24, 2.45) is 0 Å². The van der Waals surface area contributed by atoms with Gasteiger partial charge in [-0.2, -0.15) is 0 Å². The van der Waals surface area contributed by atoms with Gasteiger partial charge in [-0.25, -0.2) is 4.57 Å². The molecule has 0 aliphatic rings. The fraction of sp³-hybridized carbons (Fsp3) is 1.00. The van der Waals surface area contributed by atoms with Crippen LogP contribution in [0.4, 0.5) is 0 Å². The Bertz CT molecular complexity index is 187. The zero-order valence-corrected chi connectivity index (χ0v) is 10.8. The first-order chi connectivity index (χ1) is 7.08. The fourth-order valence-corrected chi connectivity index (χ4v) is 2.16. The van der Waals surface area contributed by atoms with Crippen LogP contribution >= 0.6 is 7.82 Å². The summed E-state index contributed by atoms with van der Waals surface area (Å²) >= 11 is 0. The molecule has 6 heteroatoms. The van der Waals surface area contributed by atoms with Gasteiger partial charge in [0.15, 0.2) is 6.29 Å². The summed E-state index contributed by atoms with van der Waals surface area (Å²) in [5.74, 6) is 0. The van der Waals surface area contributed by atoms with Gasteiger partial charge in [-0.15, -0.1) is 0 Å². The fourth-order valence-electron chi connectivity index (χ4n) is 0.910. The van der Waals surface area contributed by atoms with Crippen LogP contribution < -0.4 is 0 Å². The molecule has 0 radical (unpaired) electrons. The van der Waals surface area contributed by atoms with Gasteiger partial charge in [0, 0.05) is 6.61 Å². The Balaban J connectivity index is 4.08. The highest BCUT2D eigenvalue weighted by atomic mass is 31.2. The summed E-state index contributed by atoms with van der Waals surface area (Å²) in [5.41, 5.74) is 0. The van der Waals surface area contributed by atoms with Crippen molar-refractivity contribution in [1.29, 1.82) is 0 Å². The van der Waals surface area contributed by atoms with E-state index in [0.717, 1.165) is 6.42 Å². The molecule has 5 nitrogen and oxygen atoms in total. The Morgan fingerprint density at radius 1 is 1.13 bits per heavy atom. The molecule has 0 spiro atoms. The van der Waals surface area contributed by atoms with E-state index in [4.69, 9.17) is 18.3 Å². The van der Waals surface area contributed by atoms with E-state index in [1.54, 1.807) is 20.8 Å². The summed E-state index contributed by atoms with van der Waals surface area (Å²) in [5, 5.41) is 0. The average molecular weight is 240 g/mol. The van der Waals surface area contributed by atoms with Crippen LogP contribution in [0.15, 0.2) is 0 Å². The van der Waals surface area contributed by atoms with Gasteiger partial charge in [0.05, 0.1) is 13.2 Å². The van der Waals surface area contributed by atoms with Gasteiger partial charge in [0.2, 0.25) is 0 Å². The second-order valence-electron chi connectivity index (χ2n) is 2.83. The molecule has 0 aromatic heterocycles. The zero-order chi connectivity index (χ0) is 11.7. The van der Waals surface area contributed by atoms with E-state index in [-0.39, 0.29) is 13.2 Å². The van der Waals surface area contributed by atoms with Crippen LogP contribution in [0, 0.1) is 0 Å². The molecule has 0 amide bonds. The van der Waals surface area contributed by atoms with Crippen molar-refractivity contribution in [3.8, 4) is 0 Å². The third kappa shape index (κ3) is 7.03. The predicted molar refractivity (Wildman–Crippen MR) is 57.6 cm³/mol. The lowest BCUT2D eigenvalue weighted by molar-refractivity contribution is -0.0857. The molecular formula is C9H21O5P. The maximum atomic E-state index is 11.8. The van der Waals surface area contributed by atoms with E-state index in [1.165, 1.54) is 0 Å². The molecule has 92 valence electrons. The topological polar surface area (TPSA) is 54.0 Å². The molecule has 0 fully saturated rings. The maximum Gasteiger partial charge on any atom is 0.477 e. The molecule has 0 rings (SSSR count). The largest absolute Gasteiger partial charge is 0.477 e. The second-order valence-corrected chi connectivity index (χ2v) is 4.45. The number of hydrogen-bond acceptors (Lipinski definition) is 5. The third-order valence-corrected chi connectivity index (χ3v) is 3.11. The van der Waals surface area contributed by atoms with Gasteiger partial charge in [0.25, 0.3) is 0 Å². The standard InChI is InChI=1S/C9H21O5P/c1-5-8-11-9(4)14-15(10,12-6-2)13-7-3/h9H,5-8H2,1-4H3. The highest BCUT2D eigenvalue weighted by molar-refractivity contribution is 7.48. The Labute approximate surface area is 91.7 Å². The number of phosphoric acid groups is 1. The first-order valence-electron chi connectivity index (χ1n) is 5.27. The number of phosphoric ester groups is 1. The molecular weight excluding hydrogens is 219 g/mol. The number of hydrogen-bond donors (Lipinski definition) is 0. The van der Waals surface area contributed by atoms with E-state index < -0.39 is 14.1 Å². The minimum atomic E-state index is -3.44. The van der Waals surface area contributed by atoms with Crippen molar-refractivity contribution in [2.45, 2.75) is 40.4 Å². The summed E-state index contributed by atoms with van der Waals surface area (Å²) in [6.07, 6.45) is 0.287. The summed E-state index contributed by atoms with van der Waals surface area (Å²) in [6.45, 7) is 8.21. The number of rotatable bonds is 9. The quantitative estimate of drug-likeness (QED) is 0.458. The van der Waals surface area contributed by atoms with Crippen LogP contribution in [-0.2, 0) is 22.9 Å². The first-order valence-corrected chi connectivity index (χ1v) is 6.73. The van der Waals surface area contributed by atoms with E-state index >= 15 is 0 Å². The normalized spacial score (nSPS) is 14.1. The van der Waals surface area contributed by atoms with Gasteiger partial charge in [0.1, 0.15) is 0 Å². The lowest BCUT2D eigenvalue weighted by atomic mass is 10.5. The van der Waals surface area contributed by atoms with Crippen molar-refractivity contribution in [1.82, 2.24) is 0 Å². The Hall–Kier alpha value is 0.0700. The summed E-state index contributed by atoms with van der Waals surface area (Å²) in [7, 11) is -3.44. The van der Waals surface area contributed by atoms with Crippen molar-refractivity contribution >= 4 is 7.82 Å². The van der Waals surface area contributed by atoms with Crippen LogP contribution in [0.1, 0.15) is 34.1 Å². The first kappa shape index (κ1) is 15.1. The van der Waals surface area contributed by atoms with Crippen LogP contribution in [0.5, 0.6) is 0 Å². The molecule has 15 heavy (non-hydrogen) atoms. The summed E-state index contributed by atoms with van der Waals surface area (Å²) in [4.78, 5) is 0. The van der Waals surface area contributed by atoms with E-state index in [0.29, 0.717) is 6.61 Å².